The molecule has 2 N–H and O–H groups in total. The number of hydrogen-bond donors (Lipinski definition) is 2. The summed E-state index contributed by atoms with van der Waals surface area (Å²) in [6.07, 6.45) is 1.95. The Balaban J connectivity index is 2.76. The minimum atomic E-state index is -0.229. The molecule has 0 aliphatic rings. The molecule has 1 aromatic rings. The van der Waals surface area contributed by atoms with Crippen LogP contribution in [0, 0.1) is 11.8 Å². The van der Waals surface area contributed by atoms with Gasteiger partial charge < -0.3 is 15.3 Å². The lowest BCUT2D eigenvalue weighted by Crippen LogP contribution is -2.38. The number of nitrogens with one attached hydrogen (secondary N) is 1. The number of nitrogens with zero attached hydrogens (tertiary/aromatic N) is 2. The van der Waals surface area contributed by atoms with Crippen LogP contribution in [0.15, 0.2) is 18.3 Å². The van der Waals surface area contributed by atoms with Gasteiger partial charge in [0.05, 0.1) is 12.2 Å². The van der Waals surface area contributed by atoms with Crippen molar-refractivity contribution < 1.29 is 9.90 Å². The lowest BCUT2D eigenvalue weighted by molar-refractivity contribution is 0.0938. The molecule has 0 aliphatic heterocycles. The molecule has 0 bridgehead atoms. The number of rotatable bonds is 5. The van der Waals surface area contributed by atoms with Crippen LogP contribution in [0.25, 0.3) is 0 Å². The summed E-state index contributed by atoms with van der Waals surface area (Å²) in [5.74, 6) is 5.43. The van der Waals surface area contributed by atoms with Crippen molar-refractivity contribution in [2.45, 2.75) is 19.4 Å². The Labute approximate surface area is 120 Å². The summed E-state index contributed by atoms with van der Waals surface area (Å²) < 4.78 is 0. The van der Waals surface area contributed by atoms with E-state index in [9.17, 15) is 4.79 Å². The molecule has 0 radical (unpaired) electrons. The number of amides is 1. The van der Waals surface area contributed by atoms with Gasteiger partial charge in [0.15, 0.2) is 0 Å². The molecule has 5 nitrogen and oxygen atoms in total. The fraction of sp³-hybridized carbons (Fsp3) is 0.467. The van der Waals surface area contributed by atoms with Gasteiger partial charge in [-0.2, -0.15) is 0 Å². The number of carbonyl (C=O) groups excluding carboxylic acids is 1. The second-order valence-corrected chi connectivity index (χ2v) is 4.70. The Bertz CT molecular complexity index is 503. The second kappa shape index (κ2) is 8.31. The van der Waals surface area contributed by atoms with Crippen LogP contribution in [0.1, 0.15) is 29.4 Å². The van der Waals surface area contributed by atoms with Crippen molar-refractivity contribution in [3.05, 3.63) is 29.6 Å². The van der Waals surface area contributed by atoms with Gasteiger partial charge >= 0.3 is 0 Å². The summed E-state index contributed by atoms with van der Waals surface area (Å²) in [7, 11) is 3.92. The van der Waals surface area contributed by atoms with E-state index in [1.54, 1.807) is 18.3 Å². The Morgan fingerprint density at radius 3 is 2.95 bits per heavy atom. The number of carbonyl (C=O) groups is 1. The van der Waals surface area contributed by atoms with Crippen LogP contribution in [-0.4, -0.2) is 54.2 Å². The molecular formula is C15H21N3O2. The summed E-state index contributed by atoms with van der Waals surface area (Å²) in [6, 6.07) is 3.73. The molecule has 0 saturated heterocycles. The first-order valence-electron chi connectivity index (χ1n) is 6.55. The van der Waals surface area contributed by atoms with E-state index in [4.69, 9.17) is 5.11 Å². The quantitative estimate of drug-likeness (QED) is 0.768. The highest BCUT2D eigenvalue weighted by molar-refractivity contribution is 5.94. The summed E-state index contributed by atoms with van der Waals surface area (Å²) in [5, 5.41) is 11.6. The first-order chi connectivity index (χ1) is 9.56. The normalized spacial score (nSPS) is 11.7. The smallest absolute Gasteiger partial charge is 0.271 e. The topological polar surface area (TPSA) is 65.5 Å². The maximum atomic E-state index is 12.1. The molecule has 0 spiro atoms. The van der Waals surface area contributed by atoms with E-state index in [2.05, 4.69) is 22.1 Å². The third-order valence-corrected chi connectivity index (χ3v) is 2.92. The molecule has 5 heteroatoms. The van der Waals surface area contributed by atoms with Gasteiger partial charge in [-0.1, -0.05) is 11.8 Å². The molecule has 1 unspecified atom stereocenters. The monoisotopic (exact) mass is 275 g/mol. The van der Waals surface area contributed by atoms with E-state index < -0.39 is 0 Å². The molecular weight excluding hydrogens is 254 g/mol. The van der Waals surface area contributed by atoms with Crippen molar-refractivity contribution in [3.63, 3.8) is 0 Å². The van der Waals surface area contributed by atoms with E-state index in [-0.39, 0.29) is 18.6 Å². The summed E-state index contributed by atoms with van der Waals surface area (Å²) in [6.45, 7) is 2.59. The van der Waals surface area contributed by atoms with Crippen molar-refractivity contribution >= 4 is 5.91 Å². The molecule has 108 valence electrons. The maximum absolute atomic E-state index is 12.1. The van der Waals surface area contributed by atoms with Gasteiger partial charge in [-0.05, 0) is 33.2 Å². The van der Waals surface area contributed by atoms with Crippen LogP contribution in [0.5, 0.6) is 0 Å². The third kappa shape index (κ3) is 5.00. The molecule has 0 aliphatic carbocycles. The van der Waals surface area contributed by atoms with E-state index in [0.29, 0.717) is 24.2 Å². The standard InChI is InChI=1S/C15H21N3O2/c1-12(18(2)3)11-17-15(20)14-13(7-4-5-10-19)8-6-9-16-14/h6,8-9,12,19H,5,10-11H2,1-3H3,(H,17,20). The van der Waals surface area contributed by atoms with E-state index in [0.717, 1.165) is 0 Å². The lowest BCUT2D eigenvalue weighted by Gasteiger charge is -2.19. The number of aliphatic hydroxyl groups excluding tert-OH is 1. The average molecular weight is 275 g/mol. The van der Waals surface area contributed by atoms with Gasteiger partial charge in [-0.3, -0.25) is 4.79 Å². The van der Waals surface area contributed by atoms with Gasteiger partial charge in [0.2, 0.25) is 0 Å². The SMILES string of the molecule is CC(CNC(=O)c1ncccc1C#CCCO)N(C)C. The molecule has 1 amide bonds. The fourth-order valence-corrected chi connectivity index (χ4v) is 1.41. The molecule has 0 saturated carbocycles. The predicted octanol–water partition coefficient (Wildman–Crippen LogP) is 0.495. The van der Waals surface area contributed by atoms with E-state index in [1.165, 1.54) is 0 Å². The average Bonchev–Trinajstić information content (AvgIpc) is 2.45. The van der Waals surface area contributed by atoms with Crippen LogP contribution in [0.4, 0.5) is 0 Å². The predicted molar refractivity (Wildman–Crippen MR) is 78.3 cm³/mol. The van der Waals surface area contributed by atoms with Crippen LogP contribution in [0.3, 0.4) is 0 Å². The maximum Gasteiger partial charge on any atom is 0.271 e. The van der Waals surface area contributed by atoms with E-state index >= 15 is 0 Å². The Morgan fingerprint density at radius 1 is 1.55 bits per heavy atom. The minimum Gasteiger partial charge on any atom is -0.395 e. The number of likely N-dealkylation sites (N-methyl/N-ethyl adjacent to an activating group) is 1. The van der Waals surface area contributed by atoms with Crippen molar-refractivity contribution in [3.8, 4) is 11.8 Å². The number of hydrogen-bond acceptors (Lipinski definition) is 4. The molecule has 0 fully saturated rings. The lowest BCUT2D eigenvalue weighted by atomic mass is 10.1. The van der Waals surface area contributed by atoms with Gasteiger partial charge in [-0.25, -0.2) is 4.98 Å². The third-order valence-electron chi connectivity index (χ3n) is 2.92. The van der Waals surface area contributed by atoms with Gasteiger partial charge in [-0.15, -0.1) is 0 Å². The number of aromatic nitrogens is 1. The fourth-order valence-electron chi connectivity index (χ4n) is 1.41. The molecule has 0 aromatic carbocycles. The number of aliphatic hydroxyl groups is 1. The van der Waals surface area contributed by atoms with E-state index in [1.807, 2.05) is 25.9 Å². The Hall–Kier alpha value is -1.90. The number of pyridine rings is 1. The summed E-state index contributed by atoms with van der Waals surface area (Å²) >= 11 is 0. The second-order valence-electron chi connectivity index (χ2n) is 4.70. The zero-order valence-electron chi connectivity index (χ0n) is 12.2. The van der Waals surface area contributed by atoms with Crippen LogP contribution in [-0.2, 0) is 0 Å². The van der Waals surface area contributed by atoms with Crippen molar-refractivity contribution in [1.82, 2.24) is 15.2 Å². The highest BCUT2D eigenvalue weighted by Gasteiger charge is 2.13. The van der Waals surface area contributed by atoms with Gasteiger partial charge in [0.25, 0.3) is 5.91 Å². The molecule has 1 aromatic heterocycles. The van der Waals surface area contributed by atoms with Crippen molar-refractivity contribution in [2.75, 3.05) is 27.2 Å². The molecule has 1 atom stereocenters. The highest BCUT2D eigenvalue weighted by Crippen LogP contribution is 2.04. The van der Waals surface area contributed by atoms with Gasteiger partial charge in [0, 0.05) is 25.2 Å². The highest BCUT2D eigenvalue weighted by atomic mass is 16.2. The summed E-state index contributed by atoms with van der Waals surface area (Å²) in [4.78, 5) is 18.2. The first kappa shape index (κ1) is 16.2. The Morgan fingerprint density at radius 2 is 2.30 bits per heavy atom. The zero-order chi connectivity index (χ0) is 15.0. The largest absolute Gasteiger partial charge is 0.395 e. The first-order valence-corrected chi connectivity index (χ1v) is 6.55. The molecule has 1 rings (SSSR count). The van der Waals surface area contributed by atoms with Gasteiger partial charge in [0.1, 0.15) is 5.69 Å². The molecule has 20 heavy (non-hydrogen) atoms. The summed E-state index contributed by atoms with van der Waals surface area (Å²) in [5.41, 5.74) is 0.903. The molecule has 1 heterocycles. The zero-order valence-corrected chi connectivity index (χ0v) is 12.2. The van der Waals surface area contributed by atoms with Crippen molar-refractivity contribution in [1.29, 1.82) is 0 Å². The Kier molecular flexibility index (Phi) is 6.71. The van der Waals surface area contributed by atoms with Crippen LogP contribution in [0.2, 0.25) is 0 Å². The minimum absolute atomic E-state index is 0.00907. The van der Waals surface area contributed by atoms with Crippen LogP contribution >= 0.6 is 0 Å². The van der Waals surface area contributed by atoms with Crippen molar-refractivity contribution in [2.24, 2.45) is 0 Å². The van der Waals surface area contributed by atoms with Crippen LogP contribution < -0.4 is 5.32 Å².